The Morgan fingerprint density at radius 1 is 0.976 bits per heavy atom. The van der Waals surface area contributed by atoms with Crippen molar-refractivity contribution in [3.63, 3.8) is 0 Å². The number of hydrogen-bond acceptors (Lipinski definition) is 6. The van der Waals surface area contributed by atoms with E-state index in [1.165, 1.54) is 37.3 Å². The Morgan fingerprint density at radius 2 is 1.66 bits per heavy atom. The van der Waals surface area contributed by atoms with E-state index >= 15 is 0 Å². The summed E-state index contributed by atoms with van der Waals surface area (Å²) in [6.07, 6.45) is 1.71. The van der Waals surface area contributed by atoms with Crippen LogP contribution in [0, 0.1) is 0 Å². The minimum Gasteiger partial charge on any atom is -0.497 e. The average molecular weight is 647 g/mol. The molecule has 0 spiro atoms. The van der Waals surface area contributed by atoms with Crippen LogP contribution in [0.1, 0.15) is 32.3 Å². The van der Waals surface area contributed by atoms with Gasteiger partial charge in [-0.2, -0.15) is 0 Å². The van der Waals surface area contributed by atoms with Crippen molar-refractivity contribution in [2.45, 2.75) is 44.2 Å². The highest BCUT2D eigenvalue weighted by molar-refractivity contribution is 9.10. The lowest BCUT2D eigenvalue weighted by atomic mass is 10.1. The van der Waals surface area contributed by atoms with Crippen molar-refractivity contribution < 1.29 is 27.5 Å². The normalized spacial score (nSPS) is 11.8. The SMILES string of the molecule is CCCCNC(=O)C(C)N(Cc1ccc(Br)cc1)C(=O)CN(c1cc(OC)ccc1OC)S(=O)(=O)c1ccccc1. The molecule has 3 aromatic rings. The van der Waals surface area contributed by atoms with Crippen molar-refractivity contribution in [1.82, 2.24) is 10.2 Å². The molecule has 3 rings (SSSR count). The van der Waals surface area contributed by atoms with Gasteiger partial charge in [-0.1, -0.05) is 59.6 Å². The Kier molecular flexibility index (Phi) is 11.6. The van der Waals surface area contributed by atoms with Crippen molar-refractivity contribution in [1.29, 1.82) is 0 Å². The Labute approximate surface area is 250 Å². The number of anilines is 1. The molecule has 1 unspecified atom stereocenters. The highest BCUT2D eigenvalue weighted by Crippen LogP contribution is 2.36. The van der Waals surface area contributed by atoms with E-state index in [1.54, 1.807) is 37.3 Å². The zero-order valence-electron chi connectivity index (χ0n) is 23.7. The minimum atomic E-state index is -4.24. The van der Waals surface area contributed by atoms with E-state index in [0.717, 1.165) is 27.2 Å². The fourth-order valence-electron chi connectivity index (χ4n) is 4.13. The highest BCUT2D eigenvalue weighted by Gasteiger charge is 2.34. The van der Waals surface area contributed by atoms with Gasteiger partial charge in [-0.25, -0.2) is 8.42 Å². The Bertz CT molecular complexity index is 1420. The Balaban J connectivity index is 2.07. The van der Waals surface area contributed by atoms with Crippen LogP contribution in [0.5, 0.6) is 11.5 Å². The lowest BCUT2D eigenvalue weighted by molar-refractivity contribution is -0.139. The quantitative estimate of drug-likeness (QED) is 0.248. The summed E-state index contributed by atoms with van der Waals surface area (Å²) in [5.41, 5.74) is 0.916. The molecule has 0 radical (unpaired) electrons. The van der Waals surface area contributed by atoms with E-state index in [-0.39, 0.29) is 28.8 Å². The topological polar surface area (TPSA) is 105 Å². The molecule has 3 aromatic carbocycles. The van der Waals surface area contributed by atoms with Crippen molar-refractivity contribution in [2.24, 2.45) is 0 Å². The predicted molar refractivity (Wildman–Crippen MR) is 163 cm³/mol. The van der Waals surface area contributed by atoms with E-state index in [2.05, 4.69) is 21.2 Å². The van der Waals surface area contributed by atoms with E-state index in [0.29, 0.717) is 12.3 Å². The molecule has 220 valence electrons. The summed E-state index contributed by atoms with van der Waals surface area (Å²) < 4.78 is 40.7. The van der Waals surface area contributed by atoms with Gasteiger partial charge < -0.3 is 19.7 Å². The van der Waals surface area contributed by atoms with E-state index in [4.69, 9.17) is 9.47 Å². The number of ether oxygens (including phenoxy) is 2. The second-order valence-corrected chi connectivity index (χ2v) is 12.1. The number of hydrogen-bond donors (Lipinski definition) is 1. The van der Waals surface area contributed by atoms with Gasteiger partial charge in [0.25, 0.3) is 10.0 Å². The van der Waals surface area contributed by atoms with Gasteiger partial charge in [-0.15, -0.1) is 0 Å². The number of sulfonamides is 1. The van der Waals surface area contributed by atoms with Crippen LogP contribution in [-0.4, -0.2) is 58.5 Å². The maximum absolute atomic E-state index is 14.1. The molecular formula is C30H36BrN3O6S. The molecule has 0 aliphatic rings. The summed E-state index contributed by atoms with van der Waals surface area (Å²) in [5.74, 6) is -0.254. The van der Waals surface area contributed by atoms with Crippen molar-refractivity contribution in [3.05, 3.63) is 82.8 Å². The van der Waals surface area contributed by atoms with Crippen molar-refractivity contribution >= 4 is 43.5 Å². The largest absolute Gasteiger partial charge is 0.497 e. The molecule has 0 bridgehead atoms. The summed E-state index contributed by atoms with van der Waals surface area (Å²) in [5, 5.41) is 2.88. The number of methoxy groups -OCH3 is 2. The summed E-state index contributed by atoms with van der Waals surface area (Å²) in [6.45, 7) is 3.66. The summed E-state index contributed by atoms with van der Waals surface area (Å²) in [6, 6.07) is 19.1. The number of unbranched alkanes of at least 4 members (excludes halogenated alkanes) is 1. The van der Waals surface area contributed by atoms with Gasteiger partial charge in [-0.05, 0) is 55.3 Å². The van der Waals surface area contributed by atoms with Gasteiger partial charge in [-0.3, -0.25) is 13.9 Å². The van der Waals surface area contributed by atoms with Crippen LogP contribution >= 0.6 is 15.9 Å². The number of nitrogens with one attached hydrogen (secondary N) is 1. The maximum Gasteiger partial charge on any atom is 0.264 e. The third-order valence-electron chi connectivity index (χ3n) is 6.53. The minimum absolute atomic E-state index is 0.00231. The molecule has 1 N–H and O–H groups in total. The second-order valence-electron chi connectivity index (χ2n) is 9.33. The first-order valence-electron chi connectivity index (χ1n) is 13.2. The lowest BCUT2D eigenvalue weighted by Gasteiger charge is -2.32. The number of amides is 2. The first-order valence-corrected chi connectivity index (χ1v) is 15.5. The number of halogens is 1. The third-order valence-corrected chi connectivity index (χ3v) is 8.83. The average Bonchev–Trinajstić information content (AvgIpc) is 2.99. The number of carbonyl (C=O) groups excluding carboxylic acids is 2. The molecule has 9 nitrogen and oxygen atoms in total. The standard InChI is InChI=1S/C30H36BrN3O6S/c1-5-6-18-32-30(36)22(2)33(20-23-12-14-24(31)15-13-23)29(35)21-34(41(37,38)26-10-8-7-9-11-26)27-19-25(39-3)16-17-28(27)40-4/h7-17,19,22H,5-6,18,20-21H2,1-4H3,(H,32,36). The smallest absolute Gasteiger partial charge is 0.264 e. The second kappa shape index (κ2) is 14.9. The van der Waals surface area contributed by atoms with Crippen LogP contribution in [0.4, 0.5) is 5.69 Å². The van der Waals surface area contributed by atoms with Gasteiger partial charge >= 0.3 is 0 Å². The number of benzene rings is 3. The summed E-state index contributed by atoms with van der Waals surface area (Å²) in [7, 11) is -1.36. The lowest BCUT2D eigenvalue weighted by Crippen LogP contribution is -2.51. The zero-order valence-corrected chi connectivity index (χ0v) is 26.1. The Morgan fingerprint density at radius 3 is 2.27 bits per heavy atom. The van der Waals surface area contributed by atoms with Crippen LogP contribution in [-0.2, 0) is 26.2 Å². The first kappa shape index (κ1) is 32.0. The first-order chi connectivity index (χ1) is 19.6. The van der Waals surface area contributed by atoms with E-state index in [9.17, 15) is 18.0 Å². The van der Waals surface area contributed by atoms with E-state index in [1.807, 2.05) is 31.2 Å². The van der Waals surface area contributed by atoms with Gasteiger partial charge in [0.05, 0.1) is 24.8 Å². The molecule has 0 saturated carbocycles. The molecule has 2 amide bonds. The molecule has 0 saturated heterocycles. The Hall–Kier alpha value is -3.57. The van der Waals surface area contributed by atoms with Crippen LogP contribution in [0.3, 0.4) is 0 Å². The fourth-order valence-corrected chi connectivity index (χ4v) is 5.83. The number of rotatable bonds is 14. The third kappa shape index (κ3) is 8.23. The monoisotopic (exact) mass is 645 g/mol. The number of nitrogens with zero attached hydrogens (tertiary/aromatic N) is 2. The zero-order chi connectivity index (χ0) is 30.0. The maximum atomic E-state index is 14.1. The summed E-state index contributed by atoms with van der Waals surface area (Å²) in [4.78, 5) is 28.5. The molecular weight excluding hydrogens is 610 g/mol. The molecule has 0 aromatic heterocycles. The van der Waals surface area contributed by atoms with Gasteiger partial charge in [0.1, 0.15) is 24.1 Å². The molecule has 11 heteroatoms. The molecule has 41 heavy (non-hydrogen) atoms. The van der Waals surface area contributed by atoms with Crippen LogP contribution < -0.4 is 19.1 Å². The molecule has 0 aliphatic heterocycles. The van der Waals surface area contributed by atoms with E-state index < -0.39 is 28.5 Å². The fraction of sp³-hybridized carbons (Fsp3) is 0.333. The van der Waals surface area contributed by atoms with Crippen LogP contribution in [0.25, 0.3) is 0 Å². The van der Waals surface area contributed by atoms with Gasteiger partial charge in [0, 0.05) is 23.6 Å². The van der Waals surface area contributed by atoms with Crippen molar-refractivity contribution in [3.8, 4) is 11.5 Å². The van der Waals surface area contributed by atoms with Crippen LogP contribution in [0.2, 0.25) is 0 Å². The van der Waals surface area contributed by atoms with Crippen LogP contribution in [0.15, 0.2) is 82.2 Å². The summed E-state index contributed by atoms with van der Waals surface area (Å²) >= 11 is 3.42. The highest BCUT2D eigenvalue weighted by atomic mass is 79.9. The van der Waals surface area contributed by atoms with Gasteiger partial charge in [0.2, 0.25) is 11.8 Å². The van der Waals surface area contributed by atoms with Crippen molar-refractivity contribution in [2.75, 3.05) is 31.6 Å². The number of carbonyl (C=O) groups is 2. The molecule has 1 atom stereocenters. The molecule has 0 aliphatic carbocycles. The predicted octanol–water partition coefficient (Wildman–Crippen LogP) is 5.00. The molecule has 0 fully saturated rings. The molecule has 0 heterocycles. The van der Waals surface area contributed by atoms with Gasteiger partial charge in [0.15, 0.2) is 0 Å².